The van der Waals surface area contributed by atoms with Gasteiger partial charge in [0.1, 0.15) is 5.69 Å². The summed E-state index contributed by atoms with van der Waals surface area (Å²) in [5, 5.41) is 12.4. The Balaban J connectivity index is 1.42. The summed E-state index contributed by atoms with van der Waals surface area (Å²) in [6.07, 6.45) is 2.88. The Hall–Kier alpha value is -2.68. The van der Waals surface area contributed by atoms with E-state index < -0.39 is 11.7 Å². The van der Waals surface area contributed by atoms with Crippen molar-refractivity contribution in [3.63, 3.8) is 0 Å². The average molecular weight is 460 g/mol. The van der Waals surface area contributed by atoms with Gasteiger partial charge in [-0.1, -0.05) is 37.5 Å². The van der Waals surface area contributed by atoms with Crippen LogP contribution in [0.25, 0.3) is 11.5 Å². The second-order valence-corrected chi connectivity index (χ2v) is 9.18. The summed E-state index contributed by atoms with van der Waals surface area (Å²) >= 11 is 0. The Labute approximate surface area is 190 Å². The molecule has 1 aromatic carbocycles. The van der Waals surface area contributed by atoms with Crippen molar-refractivity contribution in [2.75, 3.05) is 13.2 Å². The molecule has 1 aliphatic carbocycles. The Morgan fingerprint density at radius 2 is 1.94 bits per heavy atom. The van der Waals surface area contributed by atoms with E-state index in [-0.39, 0.29) is 6.42 Å². The zero-order valence-corrected chi connectivity index (χ0v) is 18.4. The van der Waals surface area contributed by atoms with Gasteiger partial charge in [-0.15, -0.1) is 0 Å². The van der Waals surface area contributed by atoms with E-state index >= 15 is 0 Å². The maximum absolute atomic E-state index is 13.1. The van der Waals surface area contributed by atoms with Crippen molar-refractivity contribution in [3.8, 4) is 11.5 Å². The lowest BCUT2D eigenvalue weighted by molar-refractivity contribution is -0.137. The first-order valence-electron chi connectivity index (χ1n) is 11.7. The summed E-state index contributed by atoms with van der Waals surface area (Å²) in [6.45, 7) is 2.06. The van der Waals surface area contributed by atoms with Gasteiger partial charge in [0, 0.05) is 37.1 Å². The van der Waals surface area contributed by atoms with Gasteiger partial charge in [0.05, 0.1) is 12.2 Å². The molecule has 1 saturated carbocycles. The number of ether oxygens (including phenoxy) is 1. The minimum Gasteiger partial charge on any atom is -0.381 e. The Morgan fingerprint density at radius 3 is 2.70 bits per heavy atom. The third kappa shape index (κ3) is 5.13. The molecule has 3 aromatic rings. The highest BCUT2D eigenvalue weighted by atomic mass is 19.4. The summed E-state index contributed by atoms with van der Waals surface area (Å²) < 4.78 is 46.7. The topological polar surface area (TPSA) is 68.6 Å². The SMILES string of the molecule is FC(F)(F)c1cccc(Cc2nc(-c3cc(C4CCCCC4)[nH]n3)n(CC3CCOC3)n2)c1. The molecule has 0 amide bonds. The molecule has 9 heteroatoms. The summed E-state index contributed by atoms with van der Waals surface area (Å²) in [5.41, 5.74) is 1.73. The van der Waals surface area contributed by atoms with Crippen molar-refractivity contribution in [1.29, 1.82) is 0 Å². The number of rotatable bonds is 6. The predicted octanol–water partition coefficient (Wildman–Crippen LogP) is 5.36. The second-order valence-electron chi connectivity index (χ2n) is 9.18. The fraction of sp³-hybridized carbons (Fsp3) is 0.542. The van der Waals surface area contributed by atoms with Gasteiger partial charge in [0.25, 0.3) is 0 Å². The molecule has 6 nitrogen and oxygen atoms in total. The molecule has 2 fully saturated rings. The quantitative estimate of drug-likeness (QED) is 0.539. The minimum absolute atomic E-state index is 0.227. The maximum atomic E-state index is 13.1. The smallest absolute Gasteiger partial charge is 0.381 e. The summed E-state index contributed by atoms with van der Waals surface area (Å²) in [6, 6.07) is 7.42. The molecular formula is C24H28F3N5O. The number of hydrogen-bond acceptors (Lipinski definition) is 4. The van der Waals surface area contributed by atoms with Crippen LogP contribution in [0.15, 0.2) is 30.3 Å². The van der Waals surface area contributed by atoms with Crippen LogP contribution < -0.4 is 0 Å². The van der Waals surface area contributed by atoms with Crippen molar-refractivity contribution in [2.24, 2.45) is 5.92 Å². The van der Waals surface area contributed by atoms with Crippen LogP contribution in [0.1, 0.15) is 67.1 Å². The van der Waals surface area contributed by atoms with Crippen molar-refractivity contribution in [1.82, 2.24) is 25.0 Å². The second kappa shape index (κ2) is 9.29. The Kier molecular flexibility index (Phi) is 6.23. The van der Waals surface area contributed by atoms with Crippen molar-refractivity contribution in [3.05, 3.63) is 53.0 Å². The highest BCUT2D eigenvalue weighted by molar-refractivity contribution is 5.50. The van der Waals surface area contributed by atoms with Gasteiger partial charge >= 0.3 is 6.18 Å². The van der Waals surface area contributed by atoms with E-state index in [1.165, 1.54) is 31.4 Å². The lowest BCUT2D eigenvalue weighted by atomic mass is 9.87. The summed E-state index contributed by atoms with van der Waals surface area (Å²) in [5.74, 6) is 1.97. The van der Waals surface area contributed by atoms with Crippen LogP contribution in [0, 0.1) is 5.92 Å². The molecular weight excluding hydrogens is 431 g/mol. The third-order valence-corrected chi connectivity index (χ3v) is 6.66. The van der Waals surface area contributed by atoms with Crippen LogP contribution in [-0.4, -0.2) is 38.2 Å². The largest absolute Gasteiger partial charge is 0.416 e. The molecule has 0 bridgehead atoms. The van der Waals surface area contributed by atoms with E-state index in [1.807, 2.05) is 4.68 Å². The molecule has 3 heterocycles. The van der Waals surface area contributed by atoms with E-state index in [4.69, 9.17) is 9.72 Å². The number of aromatic nitrogens is 5. The highest BCUT2D eigenvalue weighted by Gasteiger charge is 2.30. The van der Waals surface area contributed by atoms with E-state index in [1.54, 1.807) is 6.07 Å². The summed E-state index contributed by atoms with van der Waals surface area (Å²) in [7, 11) is 0. The maximum Gasteiger partial charge on any atom is 0.416 e. The van der Waals surface area contributed by atoms with Gasteiger partial charge in [0.15, 0.2) is 11.6 Å². The Bertz CT molecular complexity index is 1080. The van der Waals surface area contributed by atoms with E-state index in [2.05, 4.69) is 21.4 Å². The zero-order chi connectivity index (χ0) is 22.8. The number of H-pyrrole nitrogens is 1. The number of alkyl halides is 3. The van der Waals surface area contributed by atoms with Gasteiger partial charge in [-0.25, -0.2) is 9.67 Å². The summed E-state index contributed by atoms with van der Waals surface area (Å²) in [4.78, 5) is 4.72. The van der Waals surface area contributed by atoms with E-state index in [9.17, 15) is 13.2 Å². The van der Waals surface area contributed by atoms with Crippen LogP contribution in [-0.2, 0) is 23.9 Å². The molecule has 2 aliphatic rings. The average Bonchev–Trinajstić information content (AvgIpc) is 3.56. The van der Waals surface area contributed by atoms with Crippen molar-refractivity contribution < 1.29 is 17.9 Å². The van der Waals surface area contributed by atoms with Gasteiger partial charge in [0.2, 0.25) is 0 Å². The minimum atomic E-state index is -4.37. The molecule has 33 heavy (non-hydrogen) atoms. The predicted molar refractivity (Wildman–Crippen MR) is 117 cm³/mol. The number of halogens is 3. The highest BCUT2D eigenvalue weighted by Crippen LogP contribution is 2.33. The molecule has 1 aliphatic heterocycles. The molecule has 176 valence electrons. The first-order chi connectivity index (χ1) is 16.0. The van der Waals surface area contributed by atoms with E-state index in [0.29, 0.717) is 42.2 Å². The first-order valence-corrected chi connectivity index (χ1v) is 11.7. The molecule has 1 atom stereocenters. The standard InChI is InChI=1S/C24H28F3N5O/c25-24(26,27)19-8-4-5-16(11-19)12-22-28-23(32(31-22)14-17-9-10-33-15-17)21-13-20(29-30-21)18-6-2-1-3-7-18/h4-5,8,11,13,17-18H,1-3,6-7,9-10,12,14-15H2,(H,29,30). The number of benzene rings is 1. The fourth-order valence-corrected chi connectivity index (χ4v) is 4.87. The van der Waals surface area contributed by atoms with Crippen LogP contribution >= 0.6 is 0 Å². The molecule has 2 aromatic heterocycles. The fourth-order valence-electron chi connectivity index (χ4n) is 4.87. The van der Waals surface area contributed by atoms with Gasteiger partial charge < -0.3 is 4.74 Å². The zero-order valence-electron chi connectivity index (χ0n) is 18.4. The van der Waals surface area contributed by atoms with Gasteiger partial charge in [-0.3, -0.25) is 5.10 Å². The van der Waals surface area contributed by atoms with Crippen molar-refractivity contribution >= 4 is 0 Å². The Morgan fingerprint density at radius 1 is 1.09 bits per heavy atom. The lowest BCUT2D eigenvalue weighted by Crippen LogP contribution is -2.13. The van der Waals surface area contributed by atoms with Gasteiger partial charge in [-0.05, 0) is 37.0 Å². The molecule has 0 radical (unpaired) electrons. The monoisotopic (exact) mass is 459 g/mol. The number of nitrogens with one attached hydrogen (secondary N) is 1. The van der Waals surface area contributed by atoms with Gasteiger partial charge in [-0.2, -0.15) is 23.4 Å². The number of aromatic amines is 1. The first kappa shape index (κ1) is 22.1. The van der Waals surface area contributed by atoms with Crippen molar-refractivity contribution in [2.45, 2.75) is 63.6 Å². The number of nitrogens with zero attached hydrogens (tertiary/aromatic N) is 4. The molecule has 1 N–H and O–H groups in total. The molecule has 0 spiro atoms. The number of hydrogen-bond donors (Lipinski definition) is 1. The molecule has 1 unspecified atom stereocenters. The van der Waals surface area contributed by atoms with Crippen LogP contribution in [0.4, 0.5) is 13.2 Å². The molecule has 5 rings (SSSR count). The third-order valence-electron chi connectivity index (χ3n) is 6.66. The van der Waals surface area contributed by atoms with E-state index in [0.717, 1.165) is 43.3 Å². The van der Waals surface area contributed by atoms with Crippen LogP contribution in [0.5, 0.6) is 0 Å². The lowest BCUT2D eigenvalue weighted by Gasteiger charge is -2.19. The van der Waals surface area contributed by atoms with Crippen LogP contribution in [0.2, 0.25) is 0 Å². The normalized spacial score (nSPS) is 19.9. The van der Waals surface area contributed by atoms with Crippen LogP contribution in [0.3, 0.4) is 0 Å². The molecule has 1 saturated heterocycles.